The van der Waals surface area contributed by atoms with E-state index >= 15 is 0 Å². The summed E-state index contributed by atoms with van der Waals surface area (Å²) in [5.74, 6) is -3.66. The van der Waals surface area contributed by atoms with E-state index in [9.17, 15) is 19.5 Å². The molecule has 0 amide bonds. The van der Waals surface area contributed by atoms with Crippen LogP contribution in [0.25, 0.3) is 0 Å². The average Bonchev–Trinajstić information content (AvgIpc) is 2.52. The highest BCUT2D eigenvalue weighted by atomic mass is 16.6. The van der Waals surface area contributed by atoms with Crippen molar-refractivity contribution < 1.29 is 33.7 Å². The molecule has 1 N–H and O–H groups in total. The standard InChI is InChI=1S/C15H16O7/c1-9(16)22-13(10-7-5-4-6-8-10)12(17)11(14(18)20-2)15(19)21-3/h4-8,13,17H,1-3H3/t13-/m0/s1. The van der Waals surface area contributed by atoms with E-state index in [0.29, 0.717) is 5.56 Å². The Labute approximate surface area is 127 Å². The van der Waals surface area contributed by atoms with E-state index in [1.165, 1.54) is 0 Å². The molecular formula is C15H16O7. The van der Waals surface area contributed by atoms with Crippen LogP contribution in [-0.4, -0.2) is 37.2 Å². The Morgan fingerprint density at radius 2 is 1.50 bits per heavy atom. The van der Waals surface area contributed by atoms with Crippen molar-refractivity contribution in [1.29, 1.82) is 0 Å². The summed E-state index contributed by atoms with van der Waals surface area (Å²) in [6.45, 7) is 1.14. The Morgan fingerprint density at radius 3 is 1.91 bits per heavy atom. The largest absolute Gasteiger partial charge is 0.507 e. The summed E-state index contributed by atoms with van der Waals surface area (Å²) in [6, 6.07) is 8.15. The van der Waals surface area contributed by atoms with Crippen LogP contribution in [0, 0.1) is 0 Å². The highest BCUT2D eigenvalue weighted by molar-refractivity contribution is 6.14. The van der Waals surface area contributed by atoms with Crippen LogP contribution in [0.2, 0.25) is 0 Å². The monoisotopic (exact) mass is 308 g/mol. The van der Waals surface area contributed by atoms with Gasteiger partial charge in [0.15, 0.2) is 17.4 Å². The lowest BCUT2D eigenvalue weighted by Crippen LogP contribution is -2.22. The van der Waals surface area contributed by atoms with Crippen LogP contribution in [0.4, 0.5) is 0 Å². The fraction of sp³-hybridized carbons (Fsp3) is 0.267. The zero-order valence-corrected chi connectivity index (χ0v) is 12.4. The number of rotatable bonds is 5. The zero-order chi connectivity index (χ0) is 16.7. The van der Waals surface area contributed by atoms with Gasteiger partial charge >= 0.3 is 17.9 Å². The van der Waals surface area contributed by atoms with Crippen molar-refractivity contribution in [3.63, 3.8) is 0 Å². The van der Waals surface area contributed by atoms with E-state index in [2.05, 4.69) is 9.47 Å². The van der Waals surface area contributed by atoms with Crippen molar-refractivity contribution in [2.45, 2.75) is 13.0 Å². The van der Waals surface area contributed by atoms with Crippen LogP contribution >= 0.6 is 0 Å². The van der Waals surface area contributed by atoms with Gasteiger partial charge in [0, 0.05) is 12.5 Å². The smallest absolute Gasteiger partial charge is 0.348 e. The van der Waals surface area contributed by atoms with Gasteiger partial charge in [0.1, 0.15) is 0 Å². The molecule has 0 saturated heterocycles. The number of hydrogen-bond donors (Lipinski definition) is 1. The van der Waals surface area contributed by atoms with Gasteiger partial charge in [0.2, 0.25) is 0 Å². The maximum absolute atomic E-state index is 11.7. The van der Waals surface area contributed by atoms with E-state index < -0.39 is 35.3 Å². The lowest BCUT2D eigenvalue weighted by Gasteiger charge is -2.18. The van der Waals surface area contributed by atoms with Gasteiger partial charge in [0.05, 0.1) is 14.2 Å². The maximum atomic E-state index is 11.7. The minimum atomic E-state index is -1.33. The number of aliphatic hydroxyl groups excluding tert-OH is 1. The van der Waals surface area contributed by atoms with E-state index in [0.717, 1.165) is 21.1 Å². The van der Waals surface area contributed by atoms with Gasteiger partial charge in [-0.2, -0.15) is 0 Å². The molecule has 22 heavy (non-hydrogen) atoms. The summed E-state index contributed by atoms with van der Waals surface area (Å²) < 4.78 is 13.9. The van der Waals surface area contributed by atoms with Crippen molar-refractivity contribution in [1.82, 2.24) is 0 Å². The molecule has 0 fully saturated rings. The molecule has 7 heteroatoms. The third-order valence-corrected chi connectivity index (χ3v) is 2.67. The predicted octanol–water partition coefficient (Wildman–Crippen LogP) is 1.45. The molecule has 0 heterocycles. The molecule has 1 aromatic carbocycles. The molecule has 7 nitrogen and oxygen atoms in total. The zero-order valence-electron chi connectivity index (χ0n) is 12.4. The van der Waals surface area contributed by atoms with E-state index in [-0.39, 0.29) is 0 Å². The molecule has 0 unspecified atom stereocenters. The number of ether oxygens (including phenoxy) is 3. The van der Waals surface area contributed by atoms with Crippen LogP contribution in [0.1, 0.15) is 18.6 Å². The quantitative estimate of drug-likeness (QED) is 0.219. The molecule has 1 atom stereocenters. The van der Waals surface area contributed by atoms with Crippen LogP contribution < -0.4 is 0 Å². The summed E-state index contributed by atoms with van der Waals surface area (Å²) in [5, 5.41) is 10.3. The number of carbonyl (C=O) groups excluding carboxylic acids is 3. The Bertz CT molecular complexity index is 571. The van der Waals surface area contributed by atoms with E-state index in [1.807, 2.05) is 0 Å². The minimum Gasteiger partial charge on any atom is -0.507 e. The molecular weight excluding hydrogens is 292 g/mol. The maximum Gasteiger partial charge on any atom is 0.348 e. The number of benzene rings is 1. The third kappa shape index (κ3) is 4.08. The molecule has 0 aromatic heterocycles. The summed E-state index contributed by atoms with van der Waals surface area (Å²) in [7, 11) is 2.09. The second-order valence-corrected chi connectivity index (χ2v) is 4.14. The lowest BCUT2D eigenvalue weighted by atomic mass is 10.0. The van der Waals surface area contributed by atoms with Crippen molar-refractivity contribution in [3.8, 4) is 0 Å². The molecule has 0 saturated carbocycles. The van der Waals surface area contributed by atoms with Gasteiger partial charge in [-0.3, -0.25) is 4.79 Å². The van der Waals surface area contributed by atoms with Crippen molar-refractivity contribution in [2.24, 2.45) is 0 Å². The number of hydrogen-bond acceptors (Lipinski definition) is 7. The minimum absolute atomic E-state index is 0.375. The van der Waals surface area contributed by atoms with Gasteiger partial charge in [0.25, 0.3) is 0 Å². The topological polar surface area (TPSA) is 99.1 Å². The van der Waals surface area contributed by atoms with Gasteiger partial charge < -0.3 is 19.3 Å². The number of esters is 3. The first-order valence-corrected chi connectivity index (χ1v) is 6.24. The Balaban J connectivity index is 3.42. The molecule has 0 aliphatic heterocycles. The Kier molecular flexibility index (Phi) is 6.12. The number of carbonyl (C=O) groups is 3. The second-order valence-electron chi connectivity index (χ2n) is 4.14. The van der Waals surface area contributed by atoms with Gasteiger partial charge in [-0.25, -0.2) is 9.59 Å². The Morgan fingerprint density at radius 1 is 1.00 bits per heavy atom. The summed E-state index contributed by atoms with van der Waals surface area (Å²) in [5.41, 5.74) is -0.361. The number of aliphatic hydroxyl groups is 1. The summed E-state index contributed by atoms with van der Waals surface area (Å²) >= 11 is 0. The molecule has 0 aliphatic rings. The SMILES string of the molecule is COC(=O)C(C(=O)OC)=C(O)[C@@H](OC(C)=O)c1ccccc1. The first-order valence-electron chi connectivity index (χ1n) is 6.24. The lowest BCUT2D eigenvalue weighted by molar-refractivity contribution is -0.149. The van der Waals surface area contributed by atoms with Crippen LogP contribution in [-0.2, 0) is 28.6 Å². The normalized spacial score (nSPS) is 11.0. The molecule has 1 aromatic rings. The highest BCUT2D eigenvalue weighted by Crippen LogP contribution is 2.27. The fourth-order valence-electron chi connectivity index (χ4n) is 1.70. The molecule has 1 rings (SSSR count). The van der Waals surface area contributed by atoms with Gasteiger partial charge in [-0.15, -0.1) is 0 Å². The van der Waals surface area contributed by atoms with Gasteiger partial charge in [-0.05, 0) is 0 Å². The van der Waals surface area contributed by atoms with Gasteiger partial charge in [-0.1, -0.05) is 30.3 Å². The third-order valence-electron chi connectivity index (χ3n) is 2.67. The number of methoxy groups -OCH3 is 2. The van der Waals surface area contributed by atoms with Crippen molar-refractivity contribution in [2.75, 3.05) is 14.2 Å². The van der Waals surface area contributed by atoms with Crippen LogP contribution in [0.15, 0.2) is 41.7 Å². The first-order chi connectivity index (χ1) is 10.4. The van der Waals surface area contributed by atoms with E-state index in [1.54, 1.807) is 30.3 Å². The summed E-state index contributed by atoms with van der Waals surface area (Å²) in [4.78, 5) is 34.6. The summed E-state index contributed by atoms with van der Waals surface area (Å²) in [6.07, 6.45) is -1.33. The van der Waals surface area contributed by atoms with Crippen molar-refractivity contribution in [3.05, 3.63) is 47.2 Å². The fourth-order valence-corrected chi connectivity index (χ4v) is 1.70. The van der Waals surface area contributed by atoms with Crippen LogP contribution in [0.5, 0.6) is 0 Å². The van der Waals surface area contributed by atoms with E-state index in [4.69, 9.17) is 4.74 Å². The predicted molar refractivity (Wildman–Crippen MR) is 74.6 cm³/mol. The van der Waals surface area contributed by atoms with Crippen molar-refractivity contribution >= 4 is 17.9 Å². The molecule has 0 aliphatic carbocycles. The average molecular weight is 308 g/mol. The first kappa shape index (κ1) is 17.2. The molecule has 0 radical (unpaired) electrons. The molecule has 0 bridgehead atoms. The molecule has 118 valence electrons. The Hall–Kier alpha value is -2.83. The highest BCUT2D eigenvalue weighted by Gasteiger charge is 2.32. The second kappa shape index (κ2) is 7.82. The molecule has 0 spiro atoms. The van der Waals surface area contributed by atoms with Crippen LogP contribution in [0.3, 0.4) is 0 Å².